The molecule has 0 atom stereocenters. The number of para-hydroxylation sites is 1. The van der Waals surface area contributed by atoms with Crippen LogP contribution in [0.3, 0.4) is 0 Å². The number of nitrogens with zero attached hydrogens (tertiary/aromatic N) is 2. The van der Waals surface area contributed by atoms with Crippen molar-refractivity contribution >= 4 is 22.7 Å². The average molecular weight is 471 g/mol. The molecule has 0 unspecified atom stereocenters. The minimum absolute atomic E-state index is 0.321. The van der Waals surface area contributed by atoms with Crippen LogP contribution in [-0.2, 0) is 0 Å². The third-order valence-electron chi connectivity index (χ3n) is 5.41. The zero-order valence-corrected chi connectivity index (χ0v) is 19.6. The molecule has 4 aromatic rings. The molecule has 0 spiro atoms. The highest BCUT2D eigenvalue weighted by Gasteiger charge is 2.16. The predicted octanol–water partition coefficient (Wildman–Crippen LogP) is 4.56. The first-order valence-corrected chi connectivity index (χ1v) is 11.3. The van der Waals surface area contributed by atoms with Crippen molar-refractivity contribution in [1.29, 1.82) is 0 Å². The number of nitrogens with one attached hydrogen (secondary N) is 2. The maximum Gasteiger partial charge on any atom is 0.270 e. The molecule has 0 bridgehead atoms. The number of carbonyl (C=O) groups excluding carboxylic acids is 2. The molecule has 0 aliphatic carbocycles. The second-order valence-electron chi connectivity index (χ2n) is 7.78. The van der Waals surface area contributed by atoms with Gasteiger partial charge in [-0.3, -0.25) is 25.4 Å². The van der Waals surface area contributed by atoms with Gasteiger partial charge < -0.3 is 9.47 Å². The minimum atomic E-state index is -0.482. The number of rotatable bonds is 8. The van der Waals surface area contributed by atoms with Gasteiger partial charge in [-0.15, -0.1) is 0 Å². The van der Waals surface area contributed by atoms with E-state index >= 15 is 0 Å². The maximum absolute atomic E-state index is 13.1. The highest BCUT2D eigenvalue weighted by Crippen LogP contribution is 2.28. The van der Waals surface area contributed by atoms with Crippen LogP contribution in [0.15, 0.2) is 73.1 Å². The Morgan fingerprint density at radius 3 is 2.46 bits per heavy atom. The van der Waals surface area contributed by atoms with Crippen molar-refractivity contribution in [2.45, 2.75) is 19.8 Å². The van der Waals surface area contributed by atoms with Crippen LogP contribution in [0.5, 0.6) is 11.5 Å². The molecule has 0 saturated heterocycles. The molecule has 8 heteroatoms. The third-order valence-corrected chi connectivity index (χ3v) is 5.41. The number of pyridine rings is 2. The first-order valence-electron chi connectivity index (χ1n) is 11.3. The van der Waals surface area contributed by atoms with Gasteiger partial charge in [0, 0.05) is 28.9 Å². The molecule has 8 nitrogen and oxygen atoms in total. The van der Waals surface area contributed by atoms with Crippen LogP contribution in [0.2, 0.25) is 0 Å². The Labute approximate surface area is 203 Å². The van der Waals surface area contributed by atoms with E-state index < -0.39 is 11.8 Å². The summed E-state index contributed by atoms with van der Waals surface area (Å²) in [7, 11) is 1.51. The summed E-state index contributed by atoms with van der Waals surface area (Å²) >= 11 is 0. The van der Waals surface area contributed by atoms with E-state index in [-0.39, 0.29) is 0 Å². The average Bonchev–Trinajstić information content (AvgIpc) is 2.91. The van der Waals surface area contributed by atoms with Crippen molar-refractivity contribution in [1.82, 2.24) is 20.8 Å². The number of fused-ring (bicyclic) bond motifs is 1. The van der Waals surface area contributed by atoms with Crippen LogP contribution in [0.25, 0.3) is 22.2 Å². The normalized spacial score (nSPS) is 10.6. The van der Waals surface area contributed by atoms with Gasteiger partial charge >= 0.3 is 0 Å². The molecule has 0 aliphatic heterocycles. The van der Waals surface area contributed by atoms with Crippen LogP contribution in [0.1, 0.15) is 40.5 Å². The van der Waals surface area contributed by atoms with E-state index in [1.165, 1.54) is 7.11 Å². The van der Waals surface area contributed by atoms with Crippen LogP contribution in [0, 0.1) is 0 Å². The molecule has 2 N–H and O–H groups in total. The van der Waals surface area contributed by atoms with Gasteiger partial charge in [-0.1, -0.05) is 31.5 Å². The largest absolute Gasteiger partial charge is 0.493 e. The topological polar surface area (TPSA) is 102 Å². The van der Waals surface area contributed by atoms with Crippen LogP contribution >= 0.6 is 0 Å². The molecule has 2 aromatic carbocycles. The lowest BCUT2D eigenvalue weighted by atomic mass is 10.0. The molecular weight excluding hydrogens is 444 g/mol. The Morgan fingerprint density at radius 2 is 1.69 bits per heavy atom. The van der Waals surface area contributed by atoms with Crippen LogP contribution in [-0.4, -0.2) is 35.5 Å². The molecule has 0 aliphatic rings. The number of carbonyl (C=O) groups is 2. The van der Waals surface area contributed by atoms with E-state index in [1.54, 1.807) is 36.7 Å². The number of methoxy groups -OCH3 is 1. The summed E-state index contributed by atoms with van der Waals surface area (Å²) in [4.78, 5) is 34.5. The van der Waals surface area contributed by atoms with Crippen molar-refractivity contribution in [2.75, 3.05) is 13.7 Å². The van der Waals surface area contributed by atoms with Gasteiger partial charge in [0.2, 0.25) is 0 Å². The van der Waals surface area contributed by atoms with Crippen LogP contribution < -0.4 is 20.3 Å². The van der Waals surface area contributed by atoms with Crippen molar-refractivity contribution in [3.8, 4) is 22.8 Å². The maximum atomic E-state index is 13.1. The number of hydrogen-bond donors (Lipinski definition) is 2. The van der Waals surface area contributed by atoms with E-state index in [2.05, 4.69) is 27.7 Å². The summed E-state index contributed by atoms with van der Waals surface area (Å²) in [6.45, 7) is 2.65. The number of unbranched alkanes of at least 4 members (excludes halogenated alkanes) is 1. The Balaban J connectivity index is 1.52. The van der Waals surface area contributed by atoms with E-state index in [1.807, 2.05) is 36.4 Å². The quantitative estimate of drug-likeness (QED) is 0.289. The number of aromatic nitrogens is 2. The summed E-state index contributed by atoms with van der Waals surface area (Å²) in [6.07, 6.45) is 5.27. The second-order valence-corrected chi connectivity index (χ2v) is 7.78. The lowest BCUT2D eigenvalue weighted by Gasteiger charge is -2.13. The number of amides is 2. The van der Waals surface area contributed by atoms with Gasteiger partial charge in [0.25, 0.3) is 11.8 Å². The molecule has 0 radical (unpaired) electrons. The lowest BCUT2D eigenvalue weighted by Crippen LogP contribution is -2.41. The molecule has 2 amide bonds. The molecule has 2 aromatic heterocycles. The summed E-state index contributed by atoms with van der Waals surface area (Å²) in [6, 6.07) is 17.6. The second kappa shape index (κ2) is 11.1. The molecule has 2 heterocycles. The first-order chi connectivity index (χ1) is 17.1. The standard InChI is InChI=1S/C27H26N4O4/c1-3-4-15-35-24-10-9-19(16-25(24)34-2)26(32)30-31-27(33)21-17-23(18-11-13-28-14-12-18)29-22-8-6-5-7-20(21)22/h5-14,16-17H,3-4,15H2,1-2H3,(H,30,32)(H,31,33). The third kappa shape index (κ3) is 5.55. The Hall–Kier alpha value is -4.46. The van der Waals surface area contributed by atoms with Gasteiger partial charge in [0.15, 0.2) is 11.5 Å². The Morgan fingerprint density at radius 1 is 0.914 bits per heavy atom. The highest BCUT2D eigenvalue weighted by atomic mass is 16.5. The first kappa shape index (κ1) is 23.7. The fourth-order valence-corrected chi connectivity index (χ4v) is 3.54. The summed E-state index contributed by atoms with van der Waals surface area (Å²) in [5.74, 6) is 0.0684. The fraction of sp³-hybridized carbons (Fsp3) is 0.185. The molecule has 35 heavy (non-hydrogen) atoms. The van der Waals surface area contributed by atoms with E-state index in [9.17, 15) is 9.59 Å². The minimum Gasteiger partial charge on any atom is -0.493 e. The predicted molar refractivity (Wildman–Crippen MR) is 133 cm³/mol. The smallest absolute Gasteiger partial charge is 0.270 e. The van der Waals surface area contributed by atoms with Crippen molar-refractivity contribution in [3.05, 3.63) is 84.2 Å². The SMILES string of the molecule is CCCCOc1ccc(C(=O)NNC(=O)c2cc(-c3ccncc3)nc3ccccc23)cc1OC. The lowest BCUT2D eigenvalue weighted by molar-refractivity contribution is 0.0847. The Kier molecular flexibility index (Phi) is 7.52. The number of hydrazine groups is 1. The molecule has 0 saturated carbocycles. The van der Waals surface area contributed by atoms with Crippen molar-refractivity contribution in [2.24, 2.45) is 0 Å². The van der Waals surface area contributed by atoms with Gasteiger partial charge in [-0.2, -0.15) is 0 Å². The number of hydrogen-bond acceptors (Lipinski definition) is 6. The fourth-order valence-electron chi connectivity index (χ4n) is 3.54. The monoisotopic (exact) mass is 470 g/mol. The highest BCUT2D eigenvalue weighted by molar-refractivity contribution is 6.08. The van der Waals surface area contributed by atoms with Crippen molar-refractivity contribution < 1.29 is 19.1 Å². The van der Waals surface area contributed by atoms with Gasteiger partial charge in [0.1, 0.15) is 0 Å². The van der Waals surface area contributed by atoms with Gasteiger partial charge in [-0.25, -0.2) is 4.98 Å². The summed E-state index contributed by atoms with van der Waals surface area (Å²) < 4.78 is 11.1. The number of ether oxygens (including phenoxy) is 2. The summed E-state index contributed by atoms with van der Waals surface area (Å²) in [5.41, 5.74) is 7.83. The molecular formula is C27H26N4O4. The Bertz CT molecular complexity index is 1340. The van der Waals surface area contributed by atoms with Gasteiger partial charge in [0.05, 0.1) is 30.5 Å². The molecule has 0 fully saturated rings. The van der Waals surface area contributed by atoms with E-state index in [0.717, 1.165) is 18.4 Å². The molecule has 178 valence electrons. The zero-order chi connectivity index (χ0) is 24.6. The van der Waals surface area contributed by atoms with E-state index in [0.29, 0.717) is 45.8 Å². The van der Waals surface area contributed by atoms with Gasteiger partial charge in [-0.05, 0) is 48.9 Å². The number of benzene rings is 2. The summed E-state index contributed by atoms with van der Waals surface area (Å²) in [5, 5.41) is 0.673. The zero-order valence-electron chi connectivity index (χ0n) is 19.6. The van der Waals surface area contributed by atoms with Crippen LogP contribution in [0.4, 0.5) is 0 Å². The van der Waals surface area contributed by atoms with Crippen molar-refractivity contribution in [3.63, 3.8) is 0 Å². The molecule has 4 rings (SSSR count). The van der Waals surface area contributed by atoms with E-state index in [4.69, 9.17) is 9.47 Å².